The highest BCUT2D eigenvalue weighted by Crippen LogP contribution is 2.29. The average molecular weight is 441 g/mol. The Morgan fingerprint density at radius 1 is 1.16 bits per heavy atom. The summed E-state index contributed by atoms with van der Waals surface area (Å²) in [6, 6.07) is 8.37. The van der Waals surface area contributed by atoms with Crippen molar-refractivity contribution in [2.75, 3.05) is 5.32 Å². The number of nitrogens with one attached hydrogen (secondary N) is 2. The Balaban J connectivity index is 1.67. The van der Waals surface area contributed by atoms with Crippen molar-refractivity contribution in [1.82, 2.24) is 15.3 Å². The fraction of sp³-hybridized carbons (Fsp3) is 0.391. The molecule has 0 saturated heterocycles. The standard InChI is InChI=1S/C23H28N4O3S/c1-5-17-11-18-20(25-14(4)26-22(18)31-17)24-12-15-6-8-16(9-7-15)21(28)27-19(23(29)30)10-13(2)3/h6-9,11,13,19H,5,10,12H2,1-4H3,(H,27,28)(H,29,30)(H,24,25,26). The molecule has 1 atom stereocenters. The van der Waals surface area contributed by atoms with Gasteiger partial charge in [-0.25, -0.2) is 14.8 Å². The number of aliphatic carboxylic acids is 1. The quantitative estimate of drug-likeness (QED) is 0.455. The average Bonchev–Trinajstić information content (AvgIpc) is 3.14. The zero-order chi connectivity index (χ0) is 22.5. The van der Waals surface area contributed by atoms with Gasteiger partial charge in [0.25, 0.3) is 5.91 Å². The minimum Gasteiger partial charge on any atom is -0.480 e. The van der Waals surface area contributed by atoms with Gasteiger partial charge in [0.1, 0.15) is 22.5 Å². The van der Waals surface area contributed by atoms with E-state index in [9.17, 15) is 14.7 Å². The summed E-state index contributed by atoms with van der Waals surface area (Å²) in [4.78, 5) is 35.1. The normalized spacial score (nSPS) is 12.2. The molecule has 1 aromatic carbocycles. The van der Waals surface area contributed by atoms with Gasteiger partial charge in [0.05, 0.1) is 5.39 Å². The van der Waals surface area contributed by atoms with E-state index in [1.807, 2.05) is 32.9 Å². The fourth-order valence-corrected chi connectivity index (χ4v) is 4.29. The minimum atomic E-state index is -1.02. The Morgan fingerprint density at radius 2 is 1.87 bits per heavy atom. The Labute approximate surface area is 185 Å². The van der Waals surface area contributed by atoms with E-state index in [1.54, 1.807) is 23.5 Å². The summed E-state index contributed by atoms with van der Waals surface area (Å²) in [7, 11) is 0. The van der Waals surface area contributed by atoms with Crippen molar-refractivity contribution in [2.45, 2.75) is 53.1 Å². The third kappa shape index (κ3) is 5.79. The SMILES string of the molecule is CCc1cc2c(NCc3ccc(C(=O)NC(CC(C)C)C(=O)O)cc3)nc(C)nc2s1. The first-order chi connectivity index (χ1) is 14.8. The number of carbonyl (C=O) groups is 2. The van der Waals surface area contributed by atoms with E-state index in [0.717, 1.165) is 33.8 Å². The zero-order valence-corrected chi connectivity index (χ0v) is 19.0. The largest absolute Gasteiger partial charge is 0.480 e. The summed E-state index contributed by atoms with van der Waals surface area (Å²) in [6.07, 6.45) is 1.35. The van der Waals surface area contributed by atoms with Crippen LogP contribution in [0, 0.1) is 12.8 Å². The number of amides is 1. The minimum absolute atomic E-state index is 0.170. The van der Waals surface area contributed by atoms with Gasteiger partial charge < -0.3 is 15.7 Å². The summed E-state index contributed by atoms with van der Waals surface area (Å²) in [5.74, 6) is 0.294. The van der Waals surface area contributed by atoms with Crippen molar-refractivity contribution in [2.24, 2.45) is 5.92 Å². The summed E-state index contributed by atoms with van der Waals surface area (Å²) in [5.41, 5.74) is 1.42. The van der Waals surface area contributed by atoms with Crippen LogP contribution >= 0.6 is 11.3 Å². The lowest BCUT2D eigenvalue weighted by Crippen LogP contribution is -2.41. The lowest BCUT2D eigenvalue weighted by atomic mass is 10.0. The second kappa shape index (κ2) is 9.87. The van der Waals surface area contributed by atoms with Gasteiger partial charge in [-0.2, -0.15) is 0 Å². The van der Waals surface area contributed by atoms with E-state index < -0.39 is 12.0 Å². The van der Waals surface area contributed by atoms with E-state index in [1.165, 1.54) is 4.88 Å². The highest BCUT2D eigenvalue weighted by molar-refractivity contribution is 7.18. The summed E-state index contributed by atoms with van der Waals surface area (Å²) in [6.45, 7) is 8.41. The van der Waals surface area contributed by atoms with E-state index in [4.69, 9.17) is 0 Å². The lowest BCUT2D eigenvalue weighted by molar-refractivity contribution is -0.139. The number of anilines is 1. The molecule has 1 unspecified atom stereocenters. The van der Waals surface area contributed by atoms with Crippen molar-refractivity contribution in [1.29, 1.82) is 0 Å². The monoisotopic (exact) mass is 440 g/mol. The highest BCUT2D eigenvalue weighted by Gasteiger charge is 2.21. The molecule has 3 aromatic rings. The predicted molar refractivity (Wildman–Crippen MR) is 124 cm³/mol. The van der Waals surface area contributed by atoms with Crippen LogP contribution in [-0.2, 0) is 17.8 Å². The van der Waals surface area contributed by atoms with Crippen LogP contribution in [0.1, 0.15) is 53.8 Å². The maximum Gasteiger partial charge on any atom is 0.326 e. The zero-order valence-electron chi connectivity index (χ0n) is 18.2. The molecule has 3 N–H and O–H groups in total. The Hall–Kier alpha value is -3.00. The number of thiophene rings is 1. The molecule has 0 bridgehead atoms. The number of carboxylic acid groups (broad SMARTS) is 1. The molecule has 0 radical (unpaired) electrons. The van der Waals surface area contributed by atoms with Gasteiger partial charge >= 0.3 is 5.97 Å². The molecule has 1 amide bonds. The summed E-state index contributed by atoms with van der Waals surface area (Å²) >= 11 is 1.69. The van der Waals surface area contributed by atoms with Crippen LogP contribution < -0.4 is 10.6 Å². The topological polar surface area (TPSA) is 104 Å². The molecule has 0 aliphatic carbocycles. The molecule has 8 heteroatoms. The van der Waals surface area contributed by atoms with Gasteiger partial charge in [-0.05, 0) is 49.4 Å². The predicted octanol–water partition coefficient (Wildman–Crippen LogP) is 4.40. The van der Waals surface area contributed by atoms with Gasteiger partial charge in [-0.1, -0.05) is 32.9 Å². The number of hydrogen-bond acceptors (Lipinski definition) is 6. The van der Waals surface area contributed by atoms with Crippen molar-refractivity contribution in [3.63, 3.8) is 0 Å². The lowest BCUT2D eigenvalue weighted by Gasteiger charge is -2.16. The number of carbonyl (C=O) groups excluding carboxylic acids is 1. The molecular weight excluding hydrogens is 412 g/mol. The van der Waals surface area contributed by atoms with Gasteiger partial charge in [0, 0.05) is 17.0 Å². The van der Waals surface area contributed by atoms with Crippen molar-refractivity contribution in [3.05, 3.63) is 52.2 Å². The highest BCUT2D eigenvalue weighted by atomic mass is 32.1. The summed E-state index contributed by atoms with van der Waals surface area (Å²) in [5, 5.41) is 16.3. The smallest absolute Gasteiger partial charge is 0.326 e. The molecule has 7 nitrogen and oxygen atoms in total. The van der Waals surface area contributed by atoms with E-state index in [2.05, 4.69) is 33.6 Å². The number of hydrogen-bond donors (Lipinski definition) is 3. The van der Waals surface area contributed by atoms with Crippen LogP contribution in [0.3, 0.4) is 0 Å². The summed E-state index contributed by atoms with van der Waals surface area (Å²) < 4.78 is 0. The molecule has 0 aliphatic rings. The molecule has 0 aliphatic heterocycles. The van der Waals surface area contributed by atoms with Crippen molar-refractivity contribution < 1.29 is 14.7 Å². The van der Waals surface area contributed by atoms with Crippen LogP contribution in [0.4, 0.5) is 5.82 Å². The Kier molecular flexibility index (Phi) is 7.22. The maximum absolute atomic E-state index is 12.4. The number of aromatic nitrogens is 2. The van der Waals surface area contributed by atoms with Crippen LogP contribution in [-0.4, -0.2) is 33.0 Å². The van der Waals surface area contributed by atoms with Gasteiger partial charge in [0.15, 0.2) is 0 Å². The number of fused-ring (bicyclic) bond motifs is 1. The first-order valence-electron chi connectivity index (χ1n) is 10.4. The van der Waals surface area contributed by atoms with Crippen LogP contribution in [0.5, 0.6) is 0 Å². The number of rotatable bonds is 9. The molecule has 0 fully saturated rings. The maximum atomic E-state index is 12.4. The number of aryl methyl sites for hydroxylation is 2. The molecule has 0 saturated carbocycles. The molecule has 31 heavy (non-hydrogen) atoms. The first-order valence-corrected chi connectivity index (χ1v) is 11.2. The van der Waals surface area contributed by atoms with Crippen molar-refractivity contribution in [3.8, 4) is 0 Å². The molecule has 2 heterocycles. The molecule has 0 spiro atoms. The van der Waals surface area contributed by atoms with Crippen LogP contribution in [0.15, 0.2) is 30.3 Å². The number of carboxylic acids is 1. The number of nitrogens with zero attached hydrogens (tertiary/aromatic N) is 2. The second-order valence-electron chi connectivity index (χ2n) is 7.95. The first kappa shape index (κ1) is 22.7. The van der Waals surface area contributed by atoms with E-state index >= 15 is 0 Å². The van der Waals surface area contributed by atoms with Gasteiger partial charge in [0.2, 0.25) is 0 Å². The third-order valence-electron chi connectivity index (χ3n) is 4.89. The van der Waals surface area contributed by atoms with Gasteiger partial charge in [-0.3, -0.25) is 4.79 Å². The Bertz CT molecular complexity index is 1080. The van der Waals surface area contributed by atoms with E-state index in [0.29, 0.717) is 18.5 Å². The molecule has 2 aromatic heterocycles. The van der Waals surface area contributed by atoms with Crippen molar-refractivity contribution >= 4 is 39.2 Å². The van der Waals surface area contributed by atoms with Gasteiger partial charge in [-0.15, -0.1) is 11.3 Å². The molecular formula is C23H28N4O3S. The third-order valence-corrected chi connectivity index (χ3v) is 6.06. The Morgan fingerprint density at radius 3 is 2.48 bits per heavy atom. The fourth-order valence-electron chi connectivity index (χ4n) is 3.28. The second-order valence-corrected chi connectivity index (χ2v) is 9.06. The molecule has 164 valence electrons. The number of benzene rings is 1. The molecule has 3 rings (SSSR count). The van der Waals surface area contributed by atoms with E-state index in [-0.39, 0.29) is 11.8 Å². The van der Waals surface area contributed by atoms with Crippen LogP contribution in [0.2, 0.25) is 0 Å². The van der Waals surface area contributed by atoms with Crippen LogP contribution in [0.25, 0.3) is 10.2 Å².